The Balaban J connectivity index is 2.21. The first kappa shape index (κ1) is 14.0. The van der Waals surface area contributed by atoms with Gasteiger partial charge >= 0.3 is 0 Å². The minimum absolute atomic E-state index is 0.0619. The van der Waals surface area contributed by atoms with E-state index in [0.29, 0.717) is 5.92 Å². The molecule has 96 valence electrons. The number of aliphatic hydroxyl groups excluding tert-OH is 1. The second-order valence-electron chi connectivity index (χ2n) is 5.40. The summed E-state index contributed by atoms with van der Waals surface area (Å²) in [6.07, 6.45) is 6.00. The largest absolute Gasteiger partial charge is 0.393 e. The lowest BCUT2D eigenvalue weighted by Crippen LogP contribution is -2.31. The lowest BCUT2D eigenvalue weighted by atomic mass is 9.79. The summed E-state index contributed by atoms with van der Waals surface area (Å²) in [4.78, 5) is 2.40. The quantitative estimate of drug-likeness (QED) is 0.754. The summed E-state index contributed by atoms with van der Waals surface area (Å²) in [7, 11) is 0. The van der Waals surface area contributed by atoms with Crippen molar-refractivity contribution in [3.63, 3.8) is 0 Å². The molecule has 0 heterocycles. The molecule has 0 bridgehead atoms. The van der Waals surface area contributed by atoms with Crippen molar-refractivity contribution in [2.24, 2.45) is 11.8 Å². The van der Waals surface area contributed by atoms with Gasteiger partial charge in [-0.25, -0.2) is 0 Å². The van der Waals surface area contributed by atoms with Crippen LogP contribution in [0.2, 0.25) is 0 Å². The number of hydrogen-bond donors (Lipinski definition) is 1. The molecule has 0 radical (unpaired) electrons. The number of nitrogens with zero attached hydrogens (tertiary/aromatic N) is 1. The van der Waals surface area contributed by atoms with Crippen LogP contribution in [0.3, 0.4) is 0 Å². The van der Waals surface area contributed by atoms with E-state index in [4.69, 9.17) is 0 Å². The van der Waals surface area contributed by atoms with Crippen LogP contribution in [0.25, 0.3) is 0 Å². The average Bonchev–Trinajstić information content (AvgIpc) is 2.31. The van der Waals surface area contributed by atoms with Gasteiger partial charge in [-0.1, -0.05) is 33.6 Å². The third-order valence-corrected chi connectivity index (χ3v) is 4.24. The highest BCUT2D eigenvalue weighted by Gasteiger charge is 2.24. The van der Waals surface area contributed by atoms with E-state index in [0.717, 1.165) is 32.0 Å². The zero-order valence-corrected chi connectivity index (χ0v) is 11.3. The number of rotatable bonds is 6. The highest BCUT2D eigenvalue weighted by Crippen LogP contribution is 2.31. The van der Waals surface area contributed by atoms with Crippen LogP contribution >= 0.6 is 0 Å². The van der Waals surface area contributed by atoms with Crippen molar-refractivity contribution in [3.05, 3.63) is 0 Å². The van der Waals surface area contributed by atoms with Gasteiger partial charge in [0.15, 0.2) is 0 Å². The molecule has 2 heteroatoms. The molecule has 0 aromatic heterocycles. The smallest absolute Gasteiger partial charge is 0.0580 e. The monoisotopic (exact) mass is 227 g/mol. The average molecular weight is 227 g/mol. The van der Waals surface area contributed by atoms with E-state index in [1.54, 1.807) is 0 Å². The van der Waals surface area contributed by atoms with Crippen LogP contribution in [-0.4, -0.2) is 35.7 Å². The molecule has 2 nitrogen and oxygen atoms in total. The molecule has 0 aromatic rings. The molecular weight excluding hydrogens is 198 g/mol. The van der Waals surface area contributed by atoms with Crippen LogP contribution in [0, 0.1) is 11.8 Å². The zero-order chi connectivity index (χ0) is 12.0. The van der Waals surface area contributed by atoms with Crippen molar-refractivity contribution in [2.75, 3.05) is 19.6 Å². The maximum atomic E-state index is 10.2. The second kappa shape index (κ2) is 7.29. The van der Waals surface area contributed by atoms with Crippen LogP contribution in [0.5, 0.6) is 0 Å². The SMILES string of the molecule is CCN(CC)CCC(O)C1CCC(C)CC1. The maximum absolute atomic E-state index is 10.2. The van der Waals surface area contributed by atoms with Gasteiger partial charge in [-0.2, -0.15) is 0 Å². The zero-order valence-electron chi connectivity index (χ0n) is 11.3. The van der Waals surface area contributed by atoms with E-state index >= 15 is 0 Å². The normalized spacial score (nSPS) is 28.3. The fourth-order valence-corrected chi connectivity index (χ4v) is 2.76. The molecule has 0 saturated heterocycles. The molecule has 0 aromatic carbocycles. The number of hydrogen-bond acceptors (Lipinski definition) is 2. The Morgan fingerprint density at radius 3 is 2.19 bits per heavy atom. The van der Waals surface area contributed by atoms with Gasteiger partial charge in [0.1, 0.15) is 0 Å². The fraction of sp³-hybridized carbons (Fsp3) is 1.00. The molecule has 1 rings (SSSR count). The summed E-state index contributed by atoms with van der Waals surface area (Å²) in [5, 5.41) is 10.2. The summed E-state index contributed by atoms with van der Waals surface area (Å²) in [5.41, 5.74) is 0. The standard InChI is InChI=1S/C14H29NO/c1-4-15(5-2)11-10-14(16)13-8-6-12(3)7-9-13/h12-14,16H,4-11H2,1-3H3. The van der Waals surface area contributed by atoms with Gasteiger partial charge in [-0.3, -0.25) is 0 Å². The molecule has 1 unspecified atom stereocenters. The molecule has 0 amide bonds. The van der Waals surface area contributed by atoms with Crippen molar-refractivity contribution in [1.82, 2.24) is 4.90 Å². The van der Waals surface area contributed by atoms with E-state index in [-0.39, 0.29) is 6.10 Å². The van der Waals surface area contributed by atoms with Crippen molar-refractivity contribution in [3.8, 4) is 0 Å². The molecule has 1 aliphatic carbocycles. The van der Waals surface area contributed by atoms with Crippen molar-refractivity contribution < 1.29 is 5.11 Å². The van der Waals surface area contributed by atoms with Gasteiger partial charge in [0.05, 0.1) is 6.10 Å². The molecule has 1 N–H and O–H groups in total. The lowest BCUT2D eigenvalue weighted by molar-refractivity contribution is 0.0597. The van der Waals surface area contributed by atoms with Gasteiger partial charge < -0.3 is 10.0 Å². The molecule has 1 aliphatic rings. The second-order valence-corrected chi connectivity index (χ2v) is 5.40. The summed E-state index contributed by atoms with van der Waals surface area (Å²) >= 11 is 0. The predicted molar refractivity (Wildman–Crippen MR) is 69.5 cm³/mol. The summed E-state index contributed by atoms with van der Waals surface area (Å²) in [6, 6.07) is 0. The summed E-state index contributed by atoms with van der Waals surface area (Å²) < 4.78 is 0. The van der Waals surface area contributed by atoms with E-state index in [1.807, 2.05) is 0 Å². The van der Waals surface area contributed by atoms with E-state index in [1.165, 1.54) is 25.7 Å². The topological polar surface area (TPSA) is 23.5 Å². The van der Waals surface area contributed by atoms with Crippen LogP contribution in [0.4, 0.5) is 0 Å². The molecule has 16 heavy (non-hydrogen) atoms. The Hall–Kier alpha value is -0.0800. The van der Waals surface area contributed by atoms with Crippen molar-refractivity contribution >= 4 is 0 Å². The molecular formula is C14H29NO. The molecule has 0 spiro atoms. The minimum Gasteiger partial charge on any atom is -0.393 e. The first-order valence-electron chi connectivity index (χ1n) is 7.07. The van der Waals surface area contributed by atoms with E-state index in [2.05, 4.69) is 25.7 Å². The molecule has 0 aliphatic heterocycles. The van der Waals surface area contributed by atoms with Crippen LogP contribution in [0.15, 0.2) is 0 Å². The minimum atomic E-state index is -0.0619. The first-order valence-corrected chi connectivity index (χ1v) is 7.07. The molecule has 1 saturated carbocycles. The van der Waals surface area contributed by atoms with Crippen LogP contribution in [-0.2, 0) is 0 Å². The van der Waals surface area contributed by atoms with Gasteiger partial charge in [0, 0.05) is 6.54 Å². The van der Waals surface area contributed by atoms with Gasteiger partial charge in [0.2, 0.25) is 0 Å². The third-order valence-electron chi connectivity index (χ3n) is 4.24. The highest BCUT2D eigenvalue weighted by atomic mass is 16.3. The fourth-order valence-electron chi connectivity index (χ4n) is 2.76. The van der Waals surface area contributed by atoms with E-state index < -0.39 is 0 Å². The molecule has 1 fully saturated rings. The van der Waals surface area contributed by atoms with Gasteiger partial charge in [-0.05, 0) is 44.2 Å². The Morgan fingerprint density at radius 1 is 1.12 bits per heavy atom. The summed E-state index contributed by atoms with van der Waals surface area (Å²) in [5.74, 6) is 1.46. The Morgan fingerprint density at radius 2 is 1.69 bits per heavy atom. The van der Waals surface area contributed by atoms with Crippen LogP contribution < -0.4 is 0 Å². The van der Waals surface area contributed by atoms with Crippen molar-refractivity contribution in [2.45, 2.75) is 59.0 Å². The Kier molecular flexibility index (Phi) is 6.37. The summed E-state index contributed by atoms with van der Waals surface area (Å²) in [6.45, 7) is 9.98. The van der Waals surface area contributed by atoms with Crippen LogP contribution in [0.1, 0.15) is 52.9 Å². The molecule has 1 atom stereocenters. The Bertz CT molecular complexity index is 172. The van der Waals surface area contributed by atoms with E-state index in [9.17, 15) is 5.11 Å². The van der Waals surface area contributed by atoms with Gasteiger partial charge in [0.25, 0.3) is 0 Å². The maximum Gasteiger partial charge on any atom is 0.0580 e. The highest BCUT2D eigenvalue weighted by molar-refractivity contribution is 4.76. The van der Waals surface area contributed by atoms with Crippen molar-refractivity contribution in [1.29, 1.82) is 0 Å². The van der Waals surface area contributed by atoms with Gasteiger partial charge in [-0.15, -0.1) is 0 Å². The predicted octanol–water partition coefficient (Wildman–Crippen LogP) is 2.91. The number of aliphatic hydroxyl groups is 1. The lowest BCUT2D eigenvalue weighted by Gasteiger charge is -2.31. The third kappa shape index (κ3) is 4.42. The Labute approximate surface area is 101 Å². The first-order chi connectivity index (χ1) is 7.67.